The average molecular weight is 356 g/mol. The van der Waals surface area contributed by atoms with Crippen LogP contribution in [0.3, 0.4) is 0 Å². The summed E-state index contributed by atoms with van der Waals surface area (Å²) in [5, 5.41) is 0. The van der Waals surface area contributed by atoms with E-state index in [-0.39, 0.29) is 5.60 Å². The van der Waals surface area contributed by atoms with Gasteiger partial charge in [-0.2, -0.15) is 0 Å². The Kier molecular flexibility index (Phi) is 7.21. The van der Waals surface area contributed by atoms with Gasteiger partial charge in [0.05, 0.1) is 39.5 Å². The second kappa shape index (κ2) is 7.86. The van der Waals surface area contributed by atoms with E-state index in [1.807, 2.05) is 0 Å². The summed E-state index contributed by atoms with van der Waals surface area (Å²) >= 11 is 0. The largest absolute Gasteiger partial charge is 0.361 e. The van der Waals surface area contributed by atoms with Crippen LogP contribution in [0.15, 0.2) is 0 Å². The molecule has 25 heavy (non-hydrogen) atoms. The maximum absolute atomic E-state index is 5.87. The molecule has 1 saturated heterocycles. The maximum Gasteiger partial charge on any atom is 0.0947 e. The van der Waals surface area contributed by atoms with E-state index in [9.17, 15) is 0 Å². The first-order chi connectivity index (χ1) is 11.1. The second-order valence-corrected chi connectivity index (χ2v) is 12.0. The number of nitrogens with zero attached hydrogens (tertiary/aromatic N) is 1. The molecule has 0 aliphatic carbocycles. The minimum Gasteiger partial charge on any atom is -0.361 e. The predicted octanol–water partition coefficient (Wildman–Crippen LogP) is 4.90. The predicted molar refractivity (Wildman–Crippen MR) is 109 cm³/mol. The minimum absolute atomic E-state index is 0.154. The molecule has 2 N–H and O–H groups in total. The van der Waals surface area contributed by atoms with Crippen molar-refractivity contribution in [2.75, 3.05) is 33.9 Å². The van der Waals surface area contributed by atoms with Gasteiger partial charge in [0.1, 0.15) is 0 Å². The average Bonchev–Trinajstić information content (AvgIpc) is 2.58. The molecule has 1 aliphatic rings. The molecular formula is C22H47N2O+. The summed E-state index contributed by atoms with van der Waals surface area (Å²) in [6, 6.07) is 0. The number of hydrogen-bond acceptors (Lipinski definition) is 2. The molecule has 0 saturated carbocycles. The van der Waals surface area contributed by atoms with Crippen molar-refractivity contribution in [2.45, 2.75) is 80.3 Å². The van der Waals surface area contributed by atoms with Crippen molar-refractivity contribution in [1.82, 2.24) is 0 Å². The van der Waals surface area contributed by atoms with Crippen LogP contribution in [-0.4, -0.2) is 44.0 Å². The van der Waals surface area contributed by atoms with Crippen LogP contribution >= 0.6 is 0 Å². The van der Waals surface area contributed by atoms with Crippen LogP contribution in [0, 0.1) is 28.6 Å². The van der Waals surface area contributed by atoms with E-state index in [4.69, 9.17) is 10.5 Å². The Morgan fingerprint density at radius 2 is 1.56 bits per heavy atom. The van der Waals surface area contributed by atoms with Crippen molar-refractivity contribution in [3.05, 3.63) is 0 Å². The van der Waals surface area contributed by atoms with E-state index in [0.29, 0.717) is 23.5 Å². The van der Waals surface area contributed by atoms with Crippen LogP contribution in [0.5, 0.6) is 0 Å². The number of ether oxygens (including phenoxy) is 1. The van der Waals surface area contributed by atoms with Crippen molar-refractivity contribution in [2.24, 2.45) is 34.3 Å². The Balaban J connectivity index is 2.94. The molecule has 1 fully saturated rings. The molecule has 1 aliphatic heterocycles. The molecule has 3 nitrogen and oxygen atoms in total. The van der Waals surface area contributed by atoms with Gasteiger partial charge < -0.3 is 15.0 Å². The summed E-state index contributed by atoms with van der Waals surface area (Å²) in [5.41, 5.74) is 6.17. The number of likely N-dealkylation sites (tertiary alicyclic amines) is 1. The molecule has 0 aromatic carbocycles. The normalized spacial score (nSPS) is 26.0. The quantitative estimate of drug-likeness (QED) is 0.496. The molecule has 1 rings (SSSR count). The van der Waals surface area contributed by atoms with Crippen LogP contribution in [0.4, 0.5) is 0 Å². The third kappa shape index (κ3) is 7.56. The fraction of sp³-hybridized carbons (Fsp3) is 1.00. The molecule has 0 bridgehead atoms. The van der Waals surface area contributed by atoms with Crippen LogP contribution in [0.25, 0.3) is 0 Å². The molecule has 150 valence electrons. The summed E-state index contributed by atoms with van der Waals surface area (Å²) in [4.78, 5) is 0. The lowest BCUT2D eigenvalue weighted by Crippen LogP contribution is -2.39. The first-order valence-corrected chi connectivity index (χ1v) is 10.2. The standard InChI is InChI=1S/C22H47N2O/c1-17-14-24(9,10)15-18(17)11-21(5,6)19(12-20(2,3)4)13-22(7,8)25-16-23/h17-19H,11-16,23H2,1-10H3/q+1. The van der Waals surface area contributed by atoms with Gasteiger partial charge in [-0.3, -0.25) is 0 Å². The Hall–Kier alpha value is -0.120. The van der Waals surface area contributed by atoms with Crippen molar-refractivity contribution in [3.63, 3.8) is 0 Å². The molecule has 1 heterocycles. The number of quaternary nitrogens is 1. The molecular weight excluding hydrogens is 308 g/mol. The zero-order valence-electron chi connectivity index (χ0n) is 18.9. The molecule has 0 radical (unpaired) electrons. The first kappa shape index (κ1) is 22.9. The van der Waals surface area contributed by atoms with Gasteiger partial charge in [-0.15, -0.1) is 0 Å². The van der Waals surface area contributed by atoms with Crippen LogP contribution in [0.2, 0.25) is 0 Å². The van der Waals surface area contributed by atoms with Crippen molar-refractivity contribution >= 4 is 0 Å². The van der Waals surface area contributed by atoms with E-state index in [1.165, 1.54) is 30.4 Å². The molecule has 3 heteroatoms. The minimum atomic E-state index is -0.154. The Labute approximate surface area is 158 Å². The number of rotatable bonds is 8. The van der Waals surface area contributed by atoms with E-state index < -0.39 is 0 Å². The fourth-order valence-corrected chi connectivity index (χ4v) is 5.17. The third-order valence-electron chi connectivity index (χ3n) is 6.28. The van der Waals surface area contributed by atoms with Gasteiger partial charge in [0.2, 0.25) is 0 Å². The van der Waals surface area contributed by atoms with Crippen LogP contribution < -0.4 is 5.73 Å². The summed E-state index contributed by atoms with van der Waals surface area (Å²) < 4.78 is 7.04. The zero-order chi connectivity index (χ0) is 19.7. The fourth-order valence-electron chi connectivity index (χ4n) is 5.17. The highest BCUT2D eigenvalue weighted by molar-refractivity contribution is 4.90. The van der Waals surface area contributed by atoms with Gasteiger partial charge in [0.25, 0.3) is 0 Å². The van der Waals surface area contributed by atoms with E-state index in [0.717, 1.165) is 18.3 Å². The highest BCUT2D eigenvalue weighted by Gasteiger charge is 2.44. The van der Waals surface area contributed by atoms with E-state index in [2.05, 4.69) is 69.5 Å². The molecule has 3 atom stereocenters. The zero-order valence-corrected chi connectivity index (χ0v) is 18.9. The Morgan fingerprint density at radius 3 is 1.96 bits per heavy atom. The second-order valence-electron chi connectivity index (χ2n) is 12.0. The molecule has 0 spiro atoms. The topological polar surface area (TPSA) is 35.2 Å². The first-order valence-electron chi connectivity index (χ1n) is 10.2. The van der Waals surface area contributed by atoms with Gasteiger partial charge in [-0.05, 0) is 49.9 Å². The third-order valence-corrected chi connectivity index (χ3v) is 6.28. The lowest BCUT2D eigenvalue weighted by molar-refractivity contribution is -0.880. The lowest BCUT2D eigenvalue weighted by Gasteiger charge is -2.43. The summed E-state index contributed by atoms with van der Waals surface area (Å²) in [5.74, 6) is 2.28. The van der Waals surface area contributed by atoms with Gasteiger partial charge >= 0.3 is 0 Å². The van der Waals surface area contributed by atoms with Crippen molar-refractivity contribution in [3.8, 4) is 0 Å². The smallest absolute Gasteiger partial charge is 0.0947 e. The van der Waals surface area contributed by atoms with E-state index >= 15 is 0 Å². The number of nitrogens with two attached hydrogens (primary N) is 1. The molecule has 0 amide bonds. The lowest BCUT2D eigenvalue weighted by atomic mass is 9.64. The van der Waals surface area contributed by atoms with Gasteiger partial charge in [-0.1, -0.05) is 41.5 Å². The van der Waals surface area contributed by atoms with Gasteiger partial charge in [0, 0.05) is 11.8 Å². The van der Waals surface area contributed by atoms with Crippen molar-refractivity contribution < 1.29 is 9.22 Å². The Bertz CT molecular complexity index is 420. The summed E-state index contributed by atoms with van der Waals surface area (Å²) in [7, 11) is 4.77. The van der Waals surface area contributed by atoms with Crippen LogP contribution in [-0.2, 0) is 4.74 Å². The van der Waals surface area contributed by atoms with Crippen molar-refractivity contribution in [1.29, 1.82) is 0 Å². The molecule has 0 aromatic rings. The SMILES string of the molecule is CC1C[N+](C)(C)CC1CC(C)(C)C(CC(C)(C)C)CC(C)(C)OCN. The maximum atomic E-state index is 5.87. The summed E-state index contributed by atoms with van der Waals surface area (Å²) in [6.45, 7) is 21.9. The highest BCUT2D eigenvalue weighted by Crippen LogP contribution is 2.47. The Morgan fingerprint density at radius 1 is 1.00 bits per heavy atom. The van der Waals surface area contributed by atoms with Gasteiger partial charge in [0.15, 0.2) is 0 Å². The number of hydrogen-bond donors (Lipinski definition) is 1. The molecule has 3 unspecified atom stereocenters. The molecule has 0 aromatic heterocycles. The highest BCUT2D eigenvalue weighted by atomic mass is 16.5. The summed E-state index contributed by atoms with van der Waals surface area (Å²) in [6.07, 6.45) is 3.62. The van der Waals surface area contributed by atoms with Gasteiger partial charge in [-0.25, -0.2) is 0 Å². The van der Waals surface area contributed by atoms with E-state index in [1.54, 1.807) is 0 Å². The van der Waals surface area contributed by atoms with Crippen LogP contribution in [0.1, 0.15) is 74.7 Å². The monoisotopic (exact) mass is 355 g/mol.